The van der Waals surface area contributed by atoms with Crippen LogP contribution in [0.1, 0.15) is 29.6 Å². The maximum Gasteiger partial charge on any atom is 0.310 e. The van der Waals surface area contributed by atoms with Crippen molar-refractivity contribution in [3.05, 3.63) is 33.9 Å². The van der Waals surface area contributed by atoms with Gasteiger partial charge in [0.2, 0.25) is 0 Å². The molecule has 0 heterocycles. The van der Waals surface area contributed by atoms with E-state index < -0.39 is 16.4 Å². The number of hydrogen-bond donors (Lipinski definition) is 2. The zero-order chi connectivity index (χ0) is 14.7. The molecule has 1 saturated carbocycles. The fraction of sp³-hybridized carbons (Fsp3) is 0.462. The van der Waals surface area contributed by atoms with E-state index in [1.165, 1.54) is 6.07 Å². The van der Waals surface area contributed by atoms with Crippen LogP contribution < -0.4 is 5.32 Å². The molecule has 1 amide bonds. The lowest BCUT2D eigenvalue weighted by molar-refractivity contribution is -0.385. The summed E-state index contributed by atoms with van der Waals surface area (Å²) < 4.78 is 0. The molecule has 7 heteroatoms. The van der Waals surface area contributed by atoms with Gasteiger partial charge in [-0.15, -0.1) is 0 Å². The quantitative estimate of drug-likeness (QED) is 0.657. The number of rotatable bonds is 4. The van der Waals surface area contributed by atoms with Crippen molar-refractivity contribution < 1.29 is 14.8 Å². The largest absolute Gasteiger partial charge is 0.502 e. The molecule has 0 bridgehead atoms. The molecule has 1 aromatic rings. The molecular formula is C13H16N2O4S. The van der Waals surface area contributed by atoms with Crippen molar-refractivity contribution in [1.82, 2.24) is 5.32 Å². The third-order valence-corrected chi connectivity index (χ3v) is 4.68. The molecule has 0 aromatic heterocycles. The molecule has 2 unspecified atom stereocenters. The highest BCUT2D eigenvalue weighted by Gasteiger charge is 2.28. The first kappa shape index (κ1) is 14.6. The van der Waals surface area contributed by atoms with Crippen molar-refractivity contribution in [3.8, 4) is 5.75 Å². The Morgan fingerprint density at radius 3 is 2.85 bits per heavy atom. The van der Waals surface area contributed by atoms with Crippen LogP contribution in [-0.2, 0) is 0 Å². The van der Waals surface area contributed by atoms with Gasteiger partial charge in [0.15, 0.2) is 5.75 Å². The number of phenolic OH excluding ortho intramolecular Hbond substituents is 1. The second kappa shape index (κ2) is 6.13. The van der Waals surface area contributed by atoms with E-state index >= 15 is 0 Å². The van der Waals surface area contributed by atoms with Gasteiger partial charge < -0.3 is 10.4 Å². The molecule has 0 radical (unpaired) electrons. The molecule has 2 atom stereocenters. The predicted molar refractivity (Wildman–Crippen MR) is 77.2 cm³/mol. The van der Waals surface area contributed by atoms with E-state index in [0.29, 0.717) is 5.25 Å². The number of carbonyl (C=O) groups is 1. The first-order valence-electron chi connectivity index (χ1n) is 6.34. The number of nitrogens with zero attached hydrogens (tertiary/aromatic N) is 1. The number of carbonyl (C=O) groups excluding carboxylic acids is 1. The van der Waals surface area contributed by atoms with Gasteiger partial charge in [-0.1, -0.05) is 6.42 Å². The minimum Gasteiger partial charge on any atom is -0.502 e. The zero-order valence-electron chi connectivity index (χ0n) is 11.0. The highest BCUT2D eigenvalue weighted by molar-refractivity contribution is 7.99. The van der Waals surface area contributed by atoms with Crippen LogP contribution in [0.3, 0.4) is 0 Å². The summed E-state index contributed by atoms with van der Waals surface area (Å²) in [6, 6.07) is 3.76. The molecule has 20 heavy (non-hydrogen) atoms. The molecule has 2 N–H and O–H groups in total. The molecule has 6 nitrogen and oxygen atoms in total. The van der Waals surface area contributed by atoms with E-state index in [4.69, 9.17) is 0 Å². The standard InChI is InChI=1S/C13H16N2O4S/c1-20-12-4-2-3-9(12)14-13(17)8-5-6-10(15(18)19)11(16)7-8/h5-7,9,12,16H,2-4H2,1H3,(H,14,17). The number of benzene rings is 1. The number of aromatic hydroxyl groups is 1. The maximum atomic E-state index is 12.1. The van der Waals surface area contributed by atoms with Crippen LogP contribution in [0, 0.1) is 10.1 Å². The minimum absolute atomic E-state index is 0.120. The Labute approximate surface area is 120 Å². The zero-order valence-corrected chi connectivity index (χ0v) is 11.9. The summed E-state index contributed by atoms with van der Waals surface area (Å²) in [7, 11) is 0. The second-order valence-corrected chi connectivity index (χ2v) is 5.82. The third kappa shape index (κ3) is 3.04. The molecule has 0 saturated heterocycles. The molecule has 1 aromatic carbocycles. The van der Waals surface area contributed by atoms with Crippen LogP contribution in [0.2, 0.25) is 0 Å². The van der Waals surface area contributed by atoms with Gasteiger partial charge in [-0.2, -0.15) is 11.8 Å². The van der Waals surface area contributed by atoms with Crippen LogP contribution in [0.4, 0.5) is 5.69 Å². The molecule has 0 aliphatic heterocycles. The van der Waals surface area contributed by atoms with E-state index in [0.717, 1.165) is 31.4 Å². The number of nitro benzene ring substituents is 1. The molecule has 108 valence electrons. The molecular weight excluding hydrogens is 280 g/mol. The van der Waals surface area contributed by atoms with Gasteiger partial charge in [-0.3, -0.25) is 14.9 Å². The Bertz CT molecular complexity index is 535. The summed E-state index contributed by atoms with van der Waals surface area (Å²) in [5, 5.41) is 23.5. The van der Waals surface area contributed by atoms with Gasteiger partial charge in [0.25, 0.3) is 5.91 Å². The molecule has 1 aliphatic rings. The van der Waals surface area contributed by atoms with Crippen LogP contribution >= 0.6 is 11.8 Å². The summed E-state index contributed by atoms with van der Waals surface area (Å²) in [5.74, 6) is -0.795. The number of nitro groups is 1. The highest BCUT2D eigenvalue weighted by Crippen LogP contribution is 2.29. The smallest absolute Gasteiger partial charge is 0.310 e. The lowest BCUT2D eigenvalue weighted by atomic mass is 10.1. The number of hydrogen-bond acceptors (Lipinski definition) is 5. The van der Waals surface area contributed by atoms with Gasteiger partial charge in [-0.05, 0) is 31.2 Å². The summed E-state index contributed by atoms with van der Waals surface area (Å²) in [6.45, 7) is 0. The normalized spacial score (nSPS) is 21.6. The Morgan fingerprint density at radius 1 is 1.50 bits per heavy atom. The lowest BCUT2D eigenvalue weighted by Gasteiger charge is -2.19. The van der Waals surface area contributed by atoms with Crippen LogP contribution in [0.5, 0.6) is 5.75 Å². The SMILES string of the molecule is CSC1CCCC1NC(=O)c1ccc([N+](=O)[O-])c(O)c1. The predicted octanol–water partition coefficient (Wildman–Crippen LogP) is 2.31. The Morgan fingerprint density at radius 2 is 2.25 bits per heavy atom. The van der Waals surface area contributed by atoms with Crippen LogP contribution in [-0.4, -0.2) is 33.5 Å². The van der Waals surface area contributed by atoms with Crippen molar-refractivity contribution in [3.63, 3.8) is 0 Å². The fourth-order valence-electron chi connectivity index (χ4n) is 2.44. The Hall–Kier alpha value is -1.76. The number of phenols is 1. The van der Waals surface area contributed by atoms with Gasteiger partial charge in [-0.25, -0.2) is 0 Å². The van der Waals surface area contributed by atoms with Crippen molar-refractivity contribution in [2.24, 2.45) is 0 Å². The van der Waals surface area contributed by atoms with Crippen molar-refractivity contribution in [2.45, 2.75) is 30.6 Å². The molecule has 1 aliphatic carbocycles. The second-order valence-electron chi connectivity index (χ2n) is 4.75. The lowest BCUT2D eigenvalue weighted by Crippen LogP contribution is -2.38. The van der Waals surface area contributed by atoms with E-state index in [-0.39, 0.29) is 17.5 Å². The molecule has 1 fully saturated rings. The van der Waals surface area contributed by atoms with E-state index in [1.54, 1.807) is 11.8 Å². The van der Waals surface area contributed by atoms with Gasteiger partial charge in [0.05, 0.1) is 4.92 Å². The Kier molecular flexibility index (Phi) is 4.49. The fourth-order valence-corrected chi connectivity index (χ4v) is 3.38. The number of amides is 1. The first-order chi connectivity index (χ1) is 9.52. The van der Waals surface area contributed by atoms with Gasteiger partial charge >= 0.3 is 5.69 Å². The third-order valence-electron chi connectivity index (χ3n) is 3.51. The van der Waals surface area contributed by atoms with E-state index in [2.05, 4.69) is 5.32 Å². The summed E-state index contributed by atoms with van der Waals surface area (Å²) in [6.07, 6.45) is 5.13. The van der Waals surface area contributed by atoms with Gasteiger partial charge in [0, 0.05) is 22.9 Å². The van der Waals surface area contributed by atoms with Crippen molar-refractivity contribution >= 4 is 23.4 Å². The number of thioether (sulfide) groups is 1. The van der Waals surface area contributed by atoms with Crippen LogP contribution in [0.25, 0.3) is 0 Å². The summed E-state index contributed by atoms with van der Waals surface area (Å²) in [5.41, 5.74) is -0.163. The average Bonchev–Trinajstić information content (AvgIpc) is 2.85. The maximum absolute atomic E-state index is 12.1. The highest BCUT2D eigenvalue weighted by atomic mass is 32.2. The van der Waals surface area contributed by atoms with Crippen LogP contribution in [0.15, 0.2) is 18.2 Å². The summed E-state index contributed by atoms with van der Waals surface area (Å²) >= 11 is 1.73. The molecule has 0 spiro atoms. The average molecular weight is 296 g/mol. The van der Waals surface area contributed by atoms with Crippen molar-refractivity contribution in [2.75, 3.05) is 6.26 Å². The Balaban J connectivity index is 2.10. The van der Waals surface area contributed by atoms with E-state index in [9.17, 15) is 20.0 Å². The van der Waals surface area contributed by atoms with Crippen molar-refractivity contribution in [1.29, 1.82) is 0 Å². The molecule has 2 rings (SSSR count). The summed E-state index contributed by atoms with van der Waals surface area (Å²) in [4.78, 5) is 22.0. The monoisotopic (exact) mass is 296 g/mol. The first-order valence-corrected chi connectivity index (χ1v) is 7.62. The van der Waals surface area contributed by atoms with E-state index in [1.807, 2.05) is 6.26 Å². The van der Waals surface area contributed by atoms with Gasteiger partial charge in [0.1, 0.15) is 0 Å². The minimum atomic E-state index is -0.683. The number of nitrogens with one attached hydrogen (secondary N) is 1. The topological polar surface area (TPSA) is 92.5 Å².